The normalized spacial score (nSPS) is 17.5. The van der Waals surface area contributed by atoms with E-state index in [1.807, 2.05) is 0 Å². The van der Waals surface area contributed by atoms with Gasteiger partial charge in [-0.2, -0.15) is 0 Å². The number of hydrogen-bond acceptors (Lipinski definition) is 5. The van der Waals surface area contributed by atoms with Crippen LogP contribution in [0, 0.1) is 0 Å². The van der Waals surface area contributed by atoms with Crippen molar-refractivity contribution in [1.29, 1.82) is 0 Å². The molecule has 1 atom stereocenters. The summed E-state index contributed by atoms with van der Waals surface area (Å²) in [4.78, 5) is 23.9. The van der Waals surface area contributed by atoms with Crippen molar-refractivity contribution >= 4 is 12.0 Å². The van der Waals surface area contributed by atoms with Crippen molar-refractivity contribution in [2.45, 2.75) is 13.0 Å². The summed E-state index contributed by atoms with van der Waals surface area (Å²) >= 11 is 0. The maximum absolute atomic E-state index is 12.1. The van der Waals surface area contributed by atoms with Crippen molar-refractivity contribution in [1.82, 2.24) is 10.6 Å². The van der Waals surface area contributed by atoms with Crippen LogP contribution in [0.4, 0.5) is 4.79 Å². The minimum Gasteiger partial charge on any atom is -0.493 e. The number of allylic oxidation sites excluding steroid dienone is 1. The maximum Gasteiger partial charge on any atom is 0.337 e. The summed E-state index contributed by atoms with van der Waals surface area (Å²) in [6.07, 6.45) is 0. The van der Waals surface area contributed by atoms with Gasteiger partial charge in [0.15, 0.2) is 11.5 Å². The van der Waals surface area contributed by atoms with Gasteiger partial charge in [-0.25, -0.2) is 9.59 Å². The van der Waals surface area contributed by atoms with Crippen LogP contribution >= 0.6 is 0 Å². The molecule has 22 heavy (non-hydrogen) atoms. The molecule has 1 aromatic carbocycles. The van der Waals surface area contributed by atoms with Gasteiger partial charge in [0, 0.05) is 11.3 Å². The molecule has 0 fully saturated rings. The minimum atomic E-state index is -0.689. The smallest absolute Gasteiger partial charge is 0.337 e. The van der Waals surface area contributed by atoms with Gasteiger partial charge >= 0.3 is 12.0 Å². The molecule has 118 valence electrons. The first-order valence-electron chi connectivity index (χ1n) is 6.61. The van der Waals surface area contributed by atoms with Gasteiger partial charge in [-0.15, -0.1) is 0 Å². The molecule has 2 N–H and O–H groups in total. The van der Waals surface area contributed by atoms with Gasteiger partial charge < -0.3 is 24.8 Å². The van der Waals surface area contributed by atoms with Gasteiger partial charge in [0.1, 0.15) is 0 Å². The van der Waals surface area contributed by atoms with E-state index in [2.05, 4.69) is 10.6 Å². The Morgan fingerprint density at radius 3 is 2.50 bits per heavy atom. The predicted molar refractivity (Wildman–Crippen MR) is 78.7 cm³/mol. The summed E-state index contributed by atoms with van der Waals surface area (Å²) in [5.41, 5.74) is 1.36. The number of methoxy groups -OCH3 is 3. The second-order valence-corrected chi connectivity index (χ2v) is 4.64. The molecule has 7 nitrogen and oxygen atoms in total. The predicted octanol–water partition coefficient (Wildman–Crippen LogP) is 1.50. The summed E-state index contributed by atoms with van der Waals surface area (Å²) in [7, 11) is 4.31. The van der Waals surface area contributed by atoms with Crippen molar-refractivity contribution in [2.24, 2.45) is 0 Å². The number of rotatable bonds is 4. The fourth-order valence-electron chi connectivity index (χ4n) is 2.45. The molecule has 1 aliphatic heterocycles. The van der Waals surface area contributed by atoms with Crippen LogP contribution in [0.2, 0.25) is 0 Å². The zero-order chi connectivity index (χ0) is 16.3. The molecular formula is C15H18N2O5. The number of hydrogen-bond donors (Lipinski definition) is 2. The lowest BCUT2D eigenvalue weighted by Crippen LogP contribution is -2.45. The van der Waals surface area contributed by atoms with E-state index in [0.29, 0.717) is 28.3 Å². The molecule has 0 spiro atoms. The fraction of sp³-hybridized carbons (Fsp3) is 0.333. The van der Waals surface area contributed by atoms with E-state index >= 15 is 0 Å². The Bertz CT molecular complexity index is 639. The summed E-state index contributed by atoms with van der Waals surface area (Å²) < 4.78 is 15.5. The van der Waals surface area contributed by atoms with Crippen molar-refractivity contribution < 1.29 is 23.8 Å². The number of amides is 2. The summed E-state index contributed by atoms with van der Waals surface area (Å²) in [6, 6.07) is 4.16. The lowest BCUT2D eigenvalue weighted by molar-refractivity contribution is -0.136. The molecule has 2 amide bonds. The van der Waals surface area contributed by atoms with Crippen molar-refractivity contribution in [3.05, 3.63) is 35.0 Å². The van der Waals surface area contributed by atoms with E-state index in [9.17, 15) is 9.59 Å². The van der Waals surface area contributed by atoms with E-state index in [1.54, 1.807) is 25.1 Å². The molecule has 1 aliphatic rings. The number of nitrogens with one attached hydrogen (secondary N) is 2. The van der Waals surface area contributed by atoms with Crippen molar-refractivity contribution in [3.63, 3.8) is 0 Å². The SMILES string of the molecule is COC(=O)C1=C(C)NC(=O)N[C@@H]1c1cccc(OC)c1OC. The zero-order valence-electron chi connectivity index (χ0n) is 12.9. The largest absolute Gasteiger partial charge is 0.493 e. The molecule has 0 bridgehead atoms. The van der Waals surface area contributed by atoms with Crippen molar-refractivity contribution in [2.75, 3.05) is 21.3 Å². The van der Waals surface area contributed by atoms with Crippen LogP contribution in [0.1, 0.15) is 18.5 Å². The molecule has 0 saturated heterocycles. The average molecular weight is 306 g/mol. The highest BCUT2D eigenvalue weighted by Gasteiger charge is 2.34. The minimum absolute atomic E-state index is 0.314. The highest BCUT2D eigenvalue weighted by molar-refractivity contribution is 5.95. The number of para-hydroxylation sites is 1. The Hall–Kier alpha value is -2.70. The molecule has 0 aliphatic carbocycles. The Morgan fingerprint density at radius 1 is 1.18 bits per heavy atom. The van der Waals surface area contributed by atoms with E-state index in [-0.39, 0.29) is 0 Å². The molecule has 0 radical (unpaired) electrons. The van der Waals surface area contributed by atoms with Gasteiger partial charge in [0.05, 0.1) is 32.9 Å². The summed E-state index contributed by atoms with van der Waals surface area (Å²) in [6.45, 7) is 1.64. The van der Waals surface area contributed by atoms with Crippen molar-refractivity contribution in [3.8, 4) is 11.5 Å². The molecule has 0 aromatic heterocycles. The lowest BCUT2D eigenvalue weighted by Gasteiger charge is -2.29. The first kappa shape index (κ1) is 15.7. The third kappa shape index (κ3) is 2.69. The molecule has 7 heteroatoms. The Kier molecular flexibility index (Phi) is 4.55. The maximum atomic E-state index is 12.1. The quantitative estimate of drug-likeness (QED) is 0.823. The van der Waals surface area contributed by atoms with Gasteiger partial charge in [-0.1, -0.05) is 12.1 Å². The topological polar surface area (TPSA) is 85.9 Å². The lowest BCUT2D eigenvalue weighted by atomic mass is 9.94. The van der Waals surface area contributed by atoms with E-state index in [1.165, 1.54) is 21.3 Å². The van der Waals surface area contributed by atoms with Crippen LogP contribution < -0.4 is 20.1 Å². The number of carbonyl (C=O) groups is 2. The molecule has 0 unspecified atom stereocenters. The monoisotopic (exact) mass is 306 g/mol. The van der Waals surface area contributed by atoms with Gasteiger partial charge in [-0.05, 0) is 13.0 Å². The molecule has 2 rings (SSSR count). The Labute approximate surface area is 128 Å². The highest BCUT2D eigenvalue weighted by Crippen LogP contribution is 2.38. The van der Waals surface area contributed by atoms with E-state index < -0.39 is 18.0 Å². The molecule has 1 heterocycles. The molecule has 0 saturated carbocycles. The van der Waals surface area contributed by atoms with Gasteiger partial charge in [-0.3, -0.25) is 0 Å². The average Bonchev–Trinajstić information content (AvgIpc) is 2.52. The van der Waals surface area contributed by atoms with Crippen LogP contribution in [-0.4, -0.2) is 33.3 Å². The highest BCUT2D eigenvalue weighted by atomic mass is 16.5. The molecular weight excluding hydrogens is 288 g/mol. The van der Waals surface area contributed by atoms with Crippen LogP contribution in [0.5, 0.6) is 11.5 Å². The first-order valence-corrected chi connectivity index (χ1v) is 6.61. The number of carbonyl (C=O) groups excluding carboxylic acids is 2. The van der Waals surface area contributed by atoms with Crippen LogP contribution in [0.15, 0.2) is 29.5 Å². The zero-order valence-corrected chi connectivity index (χ0v) is 12.9. The number of esters is 1. The molecule has 1 aromatic rings. The summed E-state index contributed by atoms with van der Waals surface area (Å²) in [5.74, 6) is 0.431. The summed E-state index contributed by atoms with van der Waals surface area (Å²) in [5, 5.41) is 5.28. The van der Waals surface area contributed by atoms with Crippen LogP contribution in [-0.2, 0) is 9.53 Å². The number of benzene rings is 1. The van der Waals surface area contributed by atoms with Gasteiger partial charge in [0.2, 0.25) is 0 Å². The van der Waals surface area contributed by atoms with E-state index in [0.717, 1.165) is 0 Å². The second-order valence-electron chi connectivity index (χ2n) is 4.64. The van der Waals surface area contributed by atoms with E-state index in [4.69, 9.17) is 14.2 Å². The third-order valence-electron chi connectivity index (χ3n) is 3.42. The van der Waals surface area contributed by atoms with Crippen LogP contribution in [0.3, 0.4) is 0 Å². The second kappa shape index (κ2) is 6.38. The third-order valence-corrected chi connectivity index (χ3v) is 3.42. The van der Waals surface area contributed by atoms with Crippen LogP contribution in [0.25, 0.3) is 0 Å². The number of urea groups is 1. The Balaban J connectivity index is 2.60. The standard InChI is InChI=1S/C15H18N2O5/c1-8-11(14(18)22-4)12(17-15(19)16-8)9-6-5-7-10(20-2)13(9)21-3/h5-7,12H,1-4H3,(H2,16,17,19)/t12-/m1/s1. The first-order chi connectivity index (χ1) is 10.5. The fourth-order valence-corrected chi connectivity index (χ4v) is 2.45. The number of ether oxygens (including phenoxy) is 3. The van der Waals surface area contributed by atoms with Gasteiger partial charge in [0.25, 0.3) is 0 Å². The Morgan fingerprint density at radius 2 is 1.91 bits per heavy atom.